The fraction of sp³-hybridized carbons (Fsp3) is 0.167. The van der Waals surface area contributed by atoms with Crippen molar-refractivity contribution in [2.45, 2.75) is 0 Å². The molecule has 0 aliphatic heterocycles. The molecule has 4 heteroatoms. The number of aromatic nitrogens is 1. The average Bonchev–Trinajstić information content (AvgIpc) is 2.17. The van der Waals surface area contributed by atoms with Crippen LogP contribution in [0.5, 0.6) is 0 Å². The minimum absolute atomic E-state index is 0.542. The SMILES string of the molecule is Cn1[c]([AlH2])cc(C=O)c1Cl. The Hall–Kier alpha value is -0.228. The summed E-state index contributed by atoms with van der Waals surface area (Å²) in [5.74, 6) is 0. The maximum absolute atomic E-state index is 10.3. The van der Waals surface area contributed by atoms with Crippen molar-refractivity contribution in [3.05, 3.63) is 16.8 Å². The van der Waals surface area contributed by atoms with Gasteiger partial charge in [0, 0.05) is 12.6 Å². The molecule has 1 aromatic heterocycles. The molecule has 0 unspecified atom stereocenters. The highest BCUT2D eigenvalue weighted by Gasteiger charge is 2.04. The third-order valence-electron chi connectivity index (χ3n) is 1.55. The quantitative estimate of drug-likeness (QED) is 0.422. The van der Waals surface area contributed by atoms with Gasteiger partial charge in [-0.25, -0.2) is 0 Å². The maximum Gasteiger partial charge on any atom is 0.286 e. The first-order valence-electron chi connectivity index (χ1n) is 2.94. The lowest BCUT2D eigenvalue weighted by Gasteiger charge is -1.95. The molecule has 0 saturated heterocycles. The van der Waals surface area contributed by atoms with Crippen LogP contribution in [0, 0.1) is 0 Å². The number of carbonyl (C=O) groups is 1. The Bertz CT molecular complexity index is 269. The molecule has 0 fully saturated rings. The van der Waals surface area contributed by atoms with Gasteiger partial charge in [0.15, 0.2) is 6.29 Å². The molecule has 2 nitrogen and oxygen atoms in total. The highest BCUT2D eigenvalue weighted by molar-refractivity contribution is 6.36. The van der Waals surface area contributed by atoms with Crippen LogP contribution in [0.4, 0.5) is 0 Å². The van der Waals surface area contributed by atoms with Gasteiger partial charge in [-0.15, -0.1) is 0 Å². The van der Waals surface area contributed by atoms with Crippen LogP contribution in [-0.2, 0) is 7.05 Å². The summed E-state index contributed by atoms with van der Waals surface area (Å²) in [5.41, 5.74) is 0.592. The number of rotatable bonds is 1. The van der Waals surface area contributed by atoms with Crippen molar-refractivity contribution in [2.75, 3.05) is 0 Å². The van der Waals surface area contributed by atoms with E-state index in [0.717, 1.165) is 27.1 Å². The summed E-state index contributed by atoms with van der Waals surface area (Å²) in [6.45, 7) is 0. The van der Waals surface area contributed by atoms with E-state index in [1.165, 1.54) is 0 Å². The Kier molecular flexibility index (Phi) is 2.20. The minimum Gasteiger partial charge on any atom is -0.356 e. The van der Waals surface area contributed by atoms with E-state index in [9.17, 15) is 4.79 Å². The first-order chi connectivity index (χ1) is 4.66. The van der Waals surface area contributed by atoms with Gasteiger partial charge in [-0.1, -0.05) is 16.2 Å². The van der Waals surface area contributed by atoms with Gasteiger partial charge in [0.1, 0.15) is 5.15 Å². The van der Waals surface area contributed by atoms with Crippen LogP contribution in [0.3, 0.4) is 0 Å². The normalized spacial score (nSPS) is 9.80. The molecule has 1 heterocycles. The van der Waals surface area contributed by atoms with Crippen molar-refractivity contribution in [2.24, 2.45) is 7.05 Å². The summed E-state index contributed by atoms with van der Waals surface area (Å²) in [7, 11) is 1.86. The molecule has 0 amide bonds. The van der Waals surface area contributed by atoms with Crippen molar-refractivity contribution >= 4 is 38.7 Å². The zero-order valence-electron chi connectivity index (χ0n) is 5.89. The van der Waals surface area contributed by atoms with Gasteiger partial charge in [0.05, 0.1) is 0 Å². The molecule has 0 bridgehead atoms. The second-order valence-electron chi connectivity index (χ2n) is 2.21. The first-order valence-corrected chi connectivity index (χ1v) is 4.31. The Labute approximate surface area is 72.2 Å². The van der Waals surface area contributed by atoms with Crippen LogP contribution in [0.15, 0.2) is 6.07 Å². The molecule has 0 N–H and O–H groups in total. The molecule has 0 spiro atoms. The molecule has 0 aliphatic rings. The Morgan fingerprint density at radius 3 is 2.60 bits per heavy atom. The van der Waals surface area contributed by atoms with Crippen LogP contribution < -0.4 is 4.56 Å². The summed E-state index contributed by atoms with van der Waals surface area (Å²) >= 11 is 6.69. The second-order valence-corrected chi connectivity index (χ2v) is 3.59. The average molecular weight is 172 g/mol. The van der Waals surface area contributed by atoms with E-state index in [4.69, 9.17) is 11.6 Å². The molecule has 0 aromatic carbocycles. The fourth-order valence-corrected chi connectivity index (χ4v) is 1.72. The lowest BCUT2D eigenvalue weighted by atomic mass is 10.4. The summed E-state index contributed by atoms with van der Waals surface area (Å²) in [6, 6.07) is 1.82. The third kappa shape index (κ3) is 1.13. The summed E-state index contributed by atoms with van der Waals surface area (Å²) in [6.07, 6.45) is 0.781. The largest absolute Gasteiger partial charge is 0.356 e. The van der Waals surface area contributed by atoms with Gasteiger partial charge in [0.2, 0.25) is 0 Å². The minimum atomic E-state index is 0.542. The lowest BCUT2D eigenvalue weighted by Crippen LogP contribution is -2.11. The number of carbonyl (C=O) groups excluding carboxylic acids is 1. The van der Waals surface area contributed by atoms with Crippen LogP contribution in [0.1, 0.15) is 10.4 Å². The zero-order chi connectivity index (χ0) is 7.72. The smallest absolute Gasteiger partial charge is 0.286 e. The Balaban J connectivity index is 3.30. The zero-order valence-corrected chi connectivity index (χ0v) is 8.64. The first kappa shape index (κ1) is 7.87. The summed E-state index contributed by atoms with van der Waals surface area (Å²) < 4.78 is 2.96. The topological polar surface area (TPSA) is 22.0 Å². The van der Waals surface area contributed by atoms with Gasteiger partial charge in [-0.3, -0.25) is 4.79 Å². The number of nitrogens with zero attached hydrogens (tertiary/aromatic N) is 1. The number of hydrogen-bond donors (Lipinski definition) is 0. The maximum atomic E-state index is 10.3. The predicted octanol–water partition coefficient (Wildman–Crippen LogP) is -0.251. The third-order valence-corrected chi connectivity index (χ3v) is 2.98. The van der Waals surface area contributed by atoms with Crippen molar-refractivity contribution in [3.8, 4) is 0 Å². The van der Waals surface area contributed by atoms with Crippen LogP contribution >= 0.6 is 11.6 Å². The van der Waals surface area contributed by atoms with E-state index in [0.29, 0.717) is 10.7 Å². The Morgan fingerprint density at radius 1 is 1.80 bits per heavy atom. The number of aldehydes is 1. The van der Waals surface area contributed by atoms with Gasteiger partial charge < -0.3 is 4.57 Å². The lowest BCUT2D eigenvalue weighted by molar-refractivity contribution is 0.112. The fourth-order valence-electron chi connectivity index (χ4n) is 0.813. The molecular formula is C6H7AlClNO. The van der Waals surface area contributed by atoms with Crippen molar-refractivity contribution in [1.29, 1.82) is 0 Å². The van der Waals surface area contributed by atoms with E-state index in [1.54, 1.807) is 0 Å². The number of halogens is 1. The molecule has 1 aromatic rings. The molecular weight excluding hydrogens is 165 g/mol. The van der Waals surface area contributed by atoms with E-state index in [1.807, 2.05) is 17.7 Å². The van der Waals surface area contributed by atoms with Gasteiger partial charge in [-0.05, 0) is 6.07 Å². The van der Waals surface area contributed by atoms with Gasteiger partial charge >= 0.3 is 0 Å². The molecule has 0 saturated carbocycles. The van der Waals surface area contributed by atoms with E-state index in [-0.39, 0.29) is 0 Å². The van der Waals surface area contributed by atoms with Crippen molar-refractivity contribution in [3.63, 3.8) is 0 Å². The second kappa shape index (κ2) is 2.79. The molecule has 0 radical (unpaired) electrons. The number of hydrogen-bond acceptors (Lipinski definition) is 1. The van der Waals surface area contributed by atoms with Crippen LogP contribution in [0.2, 0.25) is 5.15 Å². The van der Waals surface area contributed by atoms with Gasteiger partial charge in [0.25, 0.3) is 16.3 Å². The molecule has 1 rings (SSSR count). The van der Waals surface area contributed by atoms with E-state index < -0.39 is 0 Å². The molecule has 10 heavy (non-hydrogen) atoms. The summed E-state index contributed by atoms with van der Waals surface area (Å²) in [4.78, 5) is 10.3. The standard InChI is InChI=1S/C6H5ClNO.Al.2H/c1-8-3-2-5(4-9)6(8)7;;;/h2,4H,1H3;;;. The Morgan fingerprint density at radius 2 is 2.40 bits per heavy atom. The summed E-state index contributed by atoms with van der Waals surface area (Å²) in [5, 5.41) is 0.542. The van der Waals surface area contributed by atoms with Crippen molar-refractivity contribution < 1.29 is 4.79 Å². The van der Waals surface area contributed by atoms with Gasteiger partial charge in [-0.2, -0.15) is 0 Å². The molecule has 0 atom stereocenters. The van der Waals surface area contributed by atoms with Crippen molar-refractivity contribution in [1.82, 2.24) is 4.57 Å². The highest BCUT2D eigenvalue weighted by atomic mass is 35.5. The molecule has 0 aliphatic carbocycles. The van der Waals surface area contributed by atoms with E-state index in [2.05, 4.69) is 0 Å². The molecule has 52 valence electrons. The van der Waals surface area contributed by atoms with Crippen LogP contribution in [-0.4, -0.2) is 27.1 Å². The van der Waals surface area contributed by atoms with Crippen LogP contribution in [0.25, 0.3) is 0 Å². The monoisotopic (exact) mass is 171 g/mol. The van der Waals surface area contributed by atoms with E-state index >= 15 is 0 Å². The highest BCUT2D eigenvalue weighted by Crippen LogP contribution is 2.10. The predicted molar refractivity (Wildman–Crippen MR) is 44.0 cm³/mol.